The summed E-state index contributed by atoms with van der Waals surface area (Å²) in [6, 6.07) is 8.30. The Bertz CT molecular complexity index is 231. The van der Waals surface area contributed by atoms with E-state index in [1.54, 1.807) is 30.3 Å². The van der Waals surface area contributed by atoms with Gasteiger partial charge in [-0.3, -0.25) is 0 Å². The van der Waals surface area contributed by atoms with Crippen molar-refractivity contribution in [1.82, 2.24) is 0 Å². The number of rotatable bonds is 2. The van der Waals surface area contributed by atoms with Crippen LogP contribution >= 0.6 is 0 Å². The van der Waals surface area contributed by atoms with Gasteiger partial charge in [-0.15, -0.1) is 0 Å². The molecule has 3 nitrogen and oxygen atoms in total. The molecule has 1 atom stereocenters. The molecule has 0 N–H and O–H groups in total. The summed E-state index contributed by atoms with van der Waals surface area (Å²) in [5.41, 5.74) is 0. The second-order valence-electron chi connectivity index (χ2n) is 1.60. The minimum atomic E-state index is -2.47. The standard InChI is InChI=1S/C6H6O3S.Cs.H/c7-10(8)9-6-4-2-1-3-5-6;;/h1-5H,(H,7,8);;/q;+1;-1/p-1. The average molecular weight is 291 g/mol. The fourth-order valence-electron chi connectivity index (χ4n) is 0.555. The van der Waals surface area contributed by atoms with Crippen molar-refractivity contribution in [2.75, 3.05) is 0 Å². The zero-order valence-electron chi connectivity index (χ0n) is 7.02. The van der Waals surface area contributed by atoms with Gasteiger partial charge in [-0.25, -0.2) is 4.21 Å². The molecule has 0 heterocycles. The van der Waals surface area contributed by atoms with Crippen LogP contribution in [0, 0.1) is 0 Å². The molecule has 0 aliphatic heterocycles. The molecule has 0 spiro atoms. The normalized spacial score (nSPS) is 11.4. The molecule has 1 aromatic carbocycles. The van der Waals surface area contributed by atoms with Crippen molar-refractivity contribution in [3.05, 3.63) is 30.3 Å². The first kappa shape index (κ1) is 12.2. The molecular weight excluding hydrogens is 285 g/mol. The van der Waals surface area contributed by atoms with Crippen molar-refractivity contribution >= 4 is 11.4 Å². The van der Waals surface area contributed by atoms with Crippen LogP contribution in [0.25, 0.3) is 0 Å². The van der Waals surface area contributed by atoms with Crippen molar-refractivity contribution in [1.29, 1.82) is 0 Å². The van der Waals surface area contributed by atoms with Gasteiger partial charge in [0.25, 0.3) is 0 Å². The first-order valence-corrected chi connectivity index (χ1v) is 3.61. The van der Waals surface area contributed by atoms with Crippen molar-refractivity contribution in [2.24, 2.45) is 0 Å². The van der Waals surface area contributed by atoms with Gasteiger partial charge in [-0.2, -0.15) is 0 Å². The molecule has 11 heavy (non-hydrogen) atoms. The van der Waals surface area contributed by atoms with E-state index in [9.17, 15) is 8.76 Å². The maximum Gasteiger partial charge on any atom is 1.00 e. The first-order valence-electron chi connectivity index (χ1n) is 2.61. The molecule has 0 amide bonds. The van der Waals surface area contributed by atoms with Crippen LogP contribution in [0.15, 0.2) is 30.3 Å². The van der Waals surface area contributed by atoms with Gasteiger partial charge in [0, 0.05) is 0 Å². The molecule has 0 aliphatic carbocycles. The summed E-state index contributed by atoms with van der Waals surface area (Å²) in [4.78, 5) is 0. The zero-order valence-corrected chi connectivity index (χ0v) is 13.1. The Morgan fingerprint density at radius 1 is 1.36 bits per heavy atom. The molecule has 0 saturated heterocycles. The van der Waals surface area contributed by atoms with E-state index >= 15 is 0 Å². The molecule has 0 radical (unpaired) electrons. The Kier molecular flexibility index (Phi) is 7.39. The van der Waals surface area contributed by atoms with Crippen LogP contribution in [0.1, 0.15) is 1.43 Å². The second kappa shape index (κ2) is 6.67. The third kappa shape index (κ3) is 5.43. The molecule has 1 aromatic rings. The van der Waals surface area contributed by atoms with Gasteiger partial charge in [0.2, 0.25) is 0 Å². The predicted octanol–water partition coefficient (Wildman–Crippen LogP) is -2.02. The number of hydrogen-bond donors (Lipinski definition) is 0. The second-order valence-corrected chi connectivity index (χ2v) is 2.18. The summed E-state index contributed by atoms with van der Waals surface area (Å²) < 4.78 is 24.2. The molecule has 0 saturated carbocycles. The van der Waals surface area contributed by atoms with Crippen molar-refractivity contribution in [2.45, 2.75) is 0 Å². The van der Waals surface area contributed by atoms with Crippen LogP contribution in [0.4, 0.5) is 0 Å². The minimum Gasteiger partial charge on any atom is -1.00 e. The summed E-state index contributed by atoms with van der Waals surface area (Å²) in [5, 5.41) is 0. The molecule has 5 heteroatoms. The summed E-state index contributed by atoms with van der Waals surface area (Å²) in [7, 11) is 0. The van der Waals surface area contributed by atoms with E-state index in [-0.39, 0.29) is 70.3 Å². The summed E-state index contributed by atoms with van der Waals surface area (Å²) >= 11 is -2.47. The van der Waals surface area contributed by atoms with Crippen LogP contribution in [0.2, 0.25) is 0 Å². The van der Waals surface area contributed by atoms with Crippen LogP contribution in [0.5, 0.6) is 5.75 Å². The smallest absolute Gasteiger partial charge is 1.00 e. The Morgan fingerprint density at radius 2 is 1.91 bits per heavy atom. The number of para-hydroxylation sites is 1. The van der Waals surface area contributed by atoms with Gasteiger partial charge in [0.1, 0.15) is 17.1 Å². The molecule has 0 bridgehead atoms. The monoisotopic (exact) mass is 291 g/mol. The number of hydrogen-bond acceptors (Lipinski definition) is 3. The third-order valence-electron chi connectivity index (χ3n) is 0.907. The molecule has 0 aliphatic rings. The van der Waals surface area contributed by atoms with Gasteiger partial charge >= 0.3 is 68.9 Å². The Hall–Kier alpha value is 1.18. The van der Waals surface area contributed by atoms with Crippen LogP contribution < -0.4 is 73.1 Å². The van der Waals surface area contributed by atoms with Crippen LogP contribution in [-0.4, -0.2) is 8.76 Å². The maximum absolute atomic E-state index is 9.95. The fraction of sp³-hybridized carbons (Fsp3) is 0. The SMILES string of the molecule is O=S([O-])Oc1ccccc1.[Cs+].[H-]. The van der Waals surface area contributed by atoms with E-state index in [4.69, 9.17) is 0 Å². The zero-order chi connectivity index (χ0) is 7.40. The quantitative estimate of drug-likeness (QED) is 0.591. The van der Waals surface area contributed by atoms with Gasteiger partial charge in [-0.1, -0.05) is 18.2 Å². The van der Waals surface area contributed by atoms with Gasteiger partial charge in [0.05, 0.1) is 0 Å². The van der Waals surface area contributed by atoms with E-state index in [1.807, 2.05) is 0 Å². The molecular formula is C6H6CsO3S-. The predicted molar refractivity (Wildman–Crippen MR) is 37.1 cm³/mol. The summed E-state index contributed by atoms with van der Waals surface area (Å²) in [6.45, 7) is 0. The fourth-order valence-corrected chi connectivity index (χ4v) is 0.823. The Morgan fingerprint density at radius 3 is 2.36 bits per heavy atom. The van der Waals surface area contributed by atoms with Gasteiger partial charge in [0.15, 0.2) is 0 Å². The molecule has 0 aromatic heterocycles. The number of benzene rings is 1. The van der Waals surface area contributed by atoms with E-state index in [2.05, 4.69) is 4.18 Å². The van der Waals surface area contributed by atoms with Gasteiger partial charge < -0.3 is 10.2 Å². The Balaban J connectivity index is 0. The van der Waals surface area contributed by atoms with E-state index in [0.29, 0.717) is 5.75 Å². The van der Waals surface area contributed by atoms with Crippen molar-refractivity contribution in [3.63, 3.8) is 0 Å². The Labute approximate surface area is 128 Å². The molecule has 56 valence electrons. The maximum atomic E-state index is 9.95. The minimum absolute atomic E-state index is 0. The van der Waals surface area contributed by atoms with Crippen LogP contribution in [0.3, 0.4) is 0 Å². The van der Waals surface area contributed by atoms with Gasteiger partial charge in [-0.05, 0) is 12.1 Å². The summed E-state index contributed by atoms with van der Waals surface area (Å²) in [6.07, 6.45) is 0. The largest absolute Gasteiger partial charge is 1.00 e. The van der Waals surface area contributed by atoms with Crippen LogP contribution in [-0.2, 0) is 11.4 Å². The third-order valence-corrected chi connectivity index (χ3v) is 1.24. The van der Waals surface area contributed by atoms with E-state index in [1.165, 1.54) is 0 Å². The first-order chi connectivity index (χ1) is 4.79. The van der Waals surface area contributed by atoms with E-state index < -0.39 is 11.4 Å². The van der Waals surface area contributed by atoms with Crippen molar-refractivity contribution in [3.8, 4) is 5.75 Å². The van der Waals surface area contributed by atoms with E-state index in [0.717, 1.165) is 0 Å². The topological polar surface area (TPSA) is 49.4 Å². The van der Waals surface area contributed by atoms with Crippen molar-refractivity contribution < 1.29 is 83.3 Å². The molecule has 1 rings (SSSR count). The molecule has 0 fully saturated rings. The average Bonchev–Trinajstić information content (AvgIpc) is 1.88. The summed E-state index contributed by atoms with van der Waals surface area (Å²) in [5.74, 6) is 0.329. The molecule has 1 unspecified atom stereocenters.